The Labute approximate surface area is 116 Å². The summed E-state index contributed by atoms with van der Waals surface area (Å²) in [6.07, 6.45) is -3.57. The molecule has 0 aromatic heterocycles. The normalized spacial score (nSPS) is 13.2. The van der Waals surface area contributed by atoms with Gasteiger partial charge in [-0.1, -0.05) is 31.5 Å². The first kappa shape index (κ1) is 16.7. The summed E-state index contributed by atoms with van der Waals surface area (Å²) in [6, 6.07) is 4.87. The third kappa shape index (κ3) is 4.96. The molecule has 0 aliphatic carbocycles. The zero-order valence-electron chi connectivity index (χ0n) is 11.7. The monoisotopic (exact) mass is 288 g/mol. The molecule has 0 saturated carbocycles. The number of Topliss-reactive ketones (excluding diaryl/α,β-unsaturated/α-hetero) is 1. The number of carbonyl (C=O) groups excluding carboxylic acids is 1. The SMILES string of the molecule is CCCC(OCC)C(=O)Cc1cccc(C(F)(F)F)c1. The molecule has 1 rings (SSSR count). The van der Waals surface area contributed by atoms with Crippen LogP contribution in [-0.4, -0.2) is 18.5 Å². The Kier molecular flexibility index (Phi) is 6.20. The summed E-state index contributed by atoms with van der Waals surface area (Å²) < 4.78 is 43.1. The summed E-state index contributed by atoms with van der Waals surface area (Å²) in [4.78, 5) is 12.0. The van der Waals surface area contributed by atoms with Gasteiger partial charge in [-0.2, -0.15) is 13.2 Å². The van der Waals surface area contributed by atoms with Crippen LogP contribution in [0.4, 0.5) is 13.2 Å². The Bertz CT molecular complexity index is 435. The van der Waals surface area contributed by atoms with Crippen molar-refractivity contribution in [3.05, 3.63) is 35.4 Å². The lowest BCUT2D eigenvalue weighted by Crippen LogP contribution is -2.26. The number of hydrogen-bond donors (Lipinski definition) is 0. The molecular weight excluding hydrogens is 269 g/mol. The third-order valence-electron chi connectivity index (χ3n) is 2.91. The van der Waals surface area contributed by atoms with Crippen molar-refractivity contribution in [1.82, 2.24) is 0 Å². The molecule has 0 aliphatic heterocycles. The molecule has 0 radical (unpaired) electrons. The minimum absolute atomic E-state index is 0.0331. The Morgan fingerprint density at radius 1 is 1.30 bits per heavy atom. The summed E-state index contributed by atoms with van der Waals surface area (Å²) in [5, 5.41) is 0. The van der Waals surface area contributed by atoms with Crippen LogP contribution in [-0.2, 0) is 22.1 Å². The fourth-order valence-corrected chi connectivity index (χ4v) is 1.97. The fourth-order valence-electron chi connectivity index (χ4n) is 1.97. The van der Waals surface area contributed by atoms with Gasteiger partial charge in [0.05, 0.1) is 5.56 Å². The van der Waals surface area contributed by atoms with E-state index in [4.69, 9.17) is 4.74 Å². The zero-order chi connectivity index (χ0) is 15.2. The highest BCUT2D eigenvalue weighted by Gasteiger charge is 2.30. The third-order valence-corrected chi connectivity index (χ3v) is 2.91. The van der Waals surface area contributed by atoms with Gasteiger partial charge < -0.3 is 4.74 Å². The van der Waals surface area contributed by atoms with E-state index in [2.05, 4.69) is 0 Å². The molecule has 1 aromatic rings. The molecule has 0 aliphatic rings. The van der Waals surface area contributed by atoms with Gasteiger partial charge in [0, 0.05) is 13.0 Å². The van der Waals surface area contributed by atoms with Crippen LogP contribution in [0, 0.1) is 0 Å². The maximum absolute atomic E-state index is 12.6. The molecular formula is C15H19F3O2. The van der Waals surface area contributed by atoms with Gasteiger partial charge in [-0.15, -0.1) is 0 Å². The van der Waals surface area contributed by atoms with Crippen LogP contribution >= 0.6 is 0 Å². The minimum Gasteiger partial charge on any atom is -0.371 e. The van der Waals surface area contributed by atoms with E-state index in [1.165, 1.54) is 12.1 Å². The van der Waals surface area contributed by atoms with E-state index < -0.39 is 17.8 Å². The van der Waals surface area contributed by atoms with Crippen molar-refractivity contribution in [2.75, 3.05) is 6.61 Å². The molecule has 1 unspecified atom stereocenters. The van der Waals surface area contributed by atoms with Crippen LogP contribution in [0.15, 0.2) is 24.3 Å². The van der Waals surface area contributed by atoms with E-state index in [-0.39, 0.29) is 12.2 Å². The summed E-state index contributed by atoms with van der Waals surface area (Å²) in [6.45, 7) is 4.14. The highest BCUT2D eigenvalue weighted by atomic mass is 19.4. The van der Waals surface area contributed by atoms with Crippen LogP contribution in [0.5, 0.6) is 0 Å². The van der Waals surface area contributed by atoms with E-state index in [0.717, 1.165) is 18.6 Å². The predicted octanol–water partition coefficient (Wildman–Crippen LogP) is 4.02. The molecule has 0 heterocycles. The molecule has 20 heavy (non-hydrogen) atoms. The number of benzene rings is 1. The van der Waals surface area contributed by atoms with E-state index >= 15 is 0 Å². The number of rotatable bonds is 7. The standard InChI is InChI=1S/C15H19F3O2/c1-3-6-14(20-4-2)13(19)10-11-7-5-8-12(9-11)15(16,17)18/h5,7-9,14H,3-4,6,10H2,1-2H3. The van der Waals surface area contributed by atoms with Crippen LogP contribution in [0.3, 0.4) is 0 Å². The molecule has 1 atom stereocenters. The van der Waals surface area contributed by atoms with E-state index in [1.54, 1.807) is 6.92 Å². The van der Waals surface area contributed by atoms with E-state index in [0.29, 0.717) is 18.6 Å². The first-order valence-electron chi connectivity index (χ1n) is 6.69. The molecule has 0 saturated heterocycles. The van der Waals surface area contributed by atoms with Gasteiger partial charge in [0.2, 0.25) is 0 Å². The summed E-state index contributed by atoms with van der Waals surface area (Å²) in [7, 11) is 0. The molecule has 0 amide bonds. The molecule has 0 fully saturated rings. The van der Waals surface area contributed by atoms with Gasteiger partial charge in [-0.25, -0.2) is 0 Å². The van der Waals surface area contributed by atoms with Gasteiger partial charge in [-0.3, -0.25) is 4.79 Å². The smallest absolute Gasteiger partial charge is 0.371 e. The summed E-state index contributed by atoms with van der Waals surface area (Å²) >= 11 is 0. The van der Waals surface area contributed by atoms with Crippen molar-refractivity contribution in [3.8, 4) is 0 Å². The molecule has 112 valence electrons. The lowest BCUT2D eigenvalue weighted by atomic mass is 10.0. The lowest BCUT2D eigenvalue weighted by molar-refractivity contribution is -0.137. The molecule has 5 heteroatoms. The van der Waals surface area contributed by atoms with Crippen LogP contribution in [0.25, 0.3) is 0 Å². The van der Waals surface area contributed by atoms with Gasteiger partial charge in [-0.05, 0) is 25.0 Å². The maximum Gasteiger partial charge on any atom is 0.416 e. The van der Waals surface area contributed by atoms with Crippen molar-refractivity contribution in [2.45, 2.75) is 45.4 Å². The maximum atomic E-state index is 12.6. The van der Waals surface area contributed by atoms with Crippen LogP contribution < -0.4 is 0 Å². The van der Waals surface area contributed by atoms with E-state index in [9.17, 15) is 18.0 Å². The average Bonchev–Trinajstić information content (AvgIpc) is 2.38. The van der Waals surface area contributed by atoms with Crippen molar-refractivity contribution < 1.29 is 22.7 Å². The van der Waals surface area contributed by atoms with Crippen molar-refractivity contribution >= 4 is 5.78 Å². The Balaban J connectivity index is 2.79. The number of halogens is 3. The number of alkyl halides is 3. The van der Waals surface area contributed by atoms with Crippen LogP contribution in [0.2, 0.25) is 0 Å². The Morgan fingerprint density at radius 2 is 2.00 bits per heavy atom. The molecule has 1 aromatic carbocycles. The predicted molar refractivity (Wildman–Crippen MR) is 70.5 cm³/mol. The van der Waals surface area contributed by atoms with Gasteiger partial charge >= 0.3 is 6.18 Å². The summed E-state index contributed by atoms with van der Waals surface area (Å²) in [5.74, 6) is -0.173. The van der Waals surface area contributed by atoms with Crippen molar-refractivity contribution in [1.29, 1.82) is 0 Å². The number of ketones is 1. The van der Waals surface area contributed by atoms with Crippen molar-refractivity contribution in [3.63, 3.8) is 0 Å². The molecule has 2 nitrogen and oxygen atoms in total. The lowest BCUT2D eigenvalue weighted by Gasteiger charge is -2.15. The molecule has 0 N–H and O–H groups in total. The van der Waals surface area contributed by atoms with Gasteiger partial charge in [0.15, 0.2) is 5.78 Å². The second-order valence-corrected chi connectivity index (χ2v) is 4.57. The first-order chi connectivity index (χ1) is 9.38. The summed E-state index contributed by atoms with van der Waals surface area (Å²) in [5.41, 5.74) is -0.364. The number of hydrogen-bond acceptors (Lipinski definition) is 2. The highest BCUT2D eigenvalue weighted by molar-refractivity contribution is 5.85. The first-order valence-corrected chi connectivity index (χ1v) is 6.69. The average molecular weight is 288 g/mol. The second kappa shape index (κ2) is 7.43. The minimum atomic E-state index is -4.39. The Hall–Kier alpha value is -1.36. The van der Waals surface area contributed by atoms with Crippen molar-refractivity contribution in [2.24, 2.45) is 0 Å². The fraction of sp³-hybridized carbons (Fsp3) is 0.533. The topological polar surface area (TPSA) is 26.3 Å². The molecule has 0 bridgehead atoms. The van der Waals surface area contributed by atoms with Gasteiger partial charge in [0.25, 0.3) is 0 Å². The largest absolute Gasteiger partial charge is 0.416 e. The second-order valence-electron chi connectivity index (χ2n) is 4.57. The Morgan fingerprint density at radius 3 is 2.55 bits per heavy atom. The zero-order valence-corrected chi connectivity index (χ0v) is 11.7. The van der Waals surface area contributed by atoms with Crippen LogP contribution in [0.1, 0.15) is 37.8 Å². The van der Waals surface area contributed by atoms with Gasteiger partial charge in [0.1, 0.15) is 6.10 Å². The van der Waals surface area contributed by atoms with E-state index in [1.807, 2.05) is 6.92 Å². The number of ether oxygens (including phenoxy) is 1. The quantitative estimate of drug-likeness (QED) is 0.757. The molecule has 0 spiro atoms. The number of carbonyl (C=O) groups is 1. The highest BCUT2D eigenvalue weighted by Crippen LogP contribution is 2.29.